The maximum Gasteiger partial charge on any atom is 0.262 e. The Hall–Kier alpha value is -4.64. The number of aliphatic hydroxyl groups is 1. The molecular formula is C95H175BrCl4N14O6. The lowest BCUT2D eigenvalue weighted by Gasteiger charge is -2.14. The van der Waals surface area contributed by atoms with Gasteiger partial charge in [-0.1, -0.05) is 347 Å². The summed E-state index contributed by atoms with van der Waals surface area (Å²) in [7, 11) is 15.3. The molecule has 0 saturated carbocycles. The van der Waals surface area contributed by atoms with Crippen LogP contribution in [0.3, 0.4) is 0 Å². The number of hydrogen-bond donors (Lipinski definition) is 3. The number of ether oxygens (including phenoxy) is 4. The molecule has 5 heterocycles. The van der Waals surface area contributed by atoms with E-state index in [4.69, 9.17) is 58.9 Å². The molecule has 0 bridgehead atoms. The quantitative estimate of drug-likeness (QED) is 0.0187. The summed E-state index contributed by atoms with van der Waals surface area (Å²) in [5.41, 5.74) is 4.03. The van der Waals surface area contributed by atoms with Crippen molar-refractivity contribution < 1.29 is 29.2 Å². The second-order valence-electron chi connectivity index (χ2n) is 32.2. The zero-order valence-electron chi connectivity index (χ0n) is 79.3. The fraction of sp³-hybridized carbons (Fsp3) is 0.789. The van der Waals surface area contributed by atoms with Gasteiger partial charge >= 0.3 is 0 Å². The molecule has 5 aromatic rings. The summed E-state index contributed by atoms with van der Waals surface area (Å²) >= 11 is 20.3. The highest BCUT2D eigenvalue weighted by Gasteiger charge is 2.15. The molecule has 0 spiro atoms. The van der Waals surface area contributed by atoms with E-state index in [2.05, 4.69) is 98.8 Å². The summed E-state index contributed by atoms with van der Waals surface area (Å²) < 4.78 is 23.9. The van der Waals surface area contributed by atoms with Crippen molar-refractivity contribution in [2.24, 2.45) is 0 Å². The molecule has 0 aliphatic carbocycles. The van der Waals surface area contributed by atoms with Crippen molar-refractivity contribution in [2.45, 2.75) is 403 Å². The predicted octanol–water partition coefficient (Wildman–Crippen LogP) is 28.7. The molecule has 25 heteroatoms. The van der Waals surface area contributed by atoms with Crippen molar-refractivity contribution in [3.63, 3.8) is 0 Å². The Balaban J connectivity index is -0.00000143. The number of hydrogen-bond acceptors (Lipinski definition) is 20. The van der Waals surface area contributed by atoms with Crippen LogP contribution in [0.1, 0.15) is 397 Å². The van der Waals surface area contributed by atoms with E-state index in [0.29, 0.717) is 65.4 Å². The number of anilines is 3. The molecule has 696 valence electrons. The van der Waals surface area contributed by atoms with Crippen LogP contribution in [-0.2, 0) is 0 Å². The van der Waals surface area contributed by atoms with Gasteiger partial charge in [0.05, 0.1) is 37.8 Å². The van der Waals surface area contributed by atoms with Crippen LogP contribution in [0.15, 0.2) is 22.7 Å². The van der Waals surface area contributed by atoms with E-state index in [0.717, 1.165) is 66.1 Å². The second kappa shape index (κ2) is 86.5. The first-order valence-corrected chi connectivity index (χ1v) is 48.8. The van der Waals surface area contributed by atoms with Crippen molar-refractivity contribution >= 4 is 81.0 Å². The minimum atomic E-state index is 0. The third-order valence-electron chi connectivity index (χ3n) is 19.6. The fourth-order valence-corrected chi connectivity index (χ4v) is 13.7. The summed E-state index contributed by atoms with van der Waals surface area (Å²) in [6.45, 7) is 23.2. The molecule has 0 aliphatic rings. The standard InChI is InChI=1S/C22H40BrN3O.C22H41N3O2.C22H41N3O.C20H35ClN2O.C5H4Cl2N2.C2H7N.C2H6O.ClH/c1-5-6-7-8-9-10-11-12-13-14-15-16-17-18-27-21-20(23)19(2)24-22(25-21)26(3)4;1-5-6-7-8-9-10-11-12-13-14-15-16-17-18-27-21-20(26)19(2)23-22(24-21)25(3)4;1-5-6-7-8-9-10-11-12-13-14-15-16-17-18-26-21-19-20(2)23-22(24-21)25(3)4;1-3-4-5-6-7-8-9-10-11-12-13-14-15-16-24-19-17-18(2)22-20(21)23-19;1-3-2-4(6)9-5(7)8-3;1-3-2;1-2-3;/h5-18H2,1-4H3;26H,5-18H2,1-4H3;19H,5-18H2,1-4H3;17H,3-16H2,1-2H3;2H,1H3;3H,1-2H3;3H,2H2,1H3;1H. The van der Waals surface area contributed by atoms with Gasteiger partial charge in [-0.3, -0.25) is 0 Å². The Bertz CT molecular complexity index is 2940. The van der Waals surface area contributed by atoms with Crippen LogP contribution < -0.4 is 39.0 Å². The van der Waals surface area contributed by atoms with Gasteiger partial charge in [0.2, 0.25) is 46.1 Å². The third-order valence-corrected chi connectivity index (χ3v) is 21.0. The molecule has 0 fully saturated rings. The van der Waals surface area contributed by atoms with Gasteiger partial charge in [0, 0.05) is 78.1 Å². The van der Waals surface area contributed by atoms with E-state index in [1.807, 2.05) is 104 Å². The van der Waals surface area contributed by atoms with Crippen LogP contribution in [0.2, 0.25) is 15.7 Å². The molecule has 20 nitrogen and oxygen atoms in total. The molecule has 0 atom stereocenters. The van der Waals surface area contributed by atoms with Gasteiger partial charge < -0.3 is 49.2 Å². The Morgan fingerprint density at radius 1 is 0.317 bits per heavy atom. The van der Waals surface area contributed by atoms with Crippen molar-refractivity contribution in [3.05, 3.63) is 66.9 Å². The van der Waals surface area contributed by atoms with Gasteiger partial charge in [-0.25, -0.2) is 29.9 Å². The second-order valence-corrected chi connectivity index (χ2v) is 34.1. The topological polar surface area (TPSA) is 228 Å². The number of rotatable bonds is 63. The van der Waals surface area contributed by atoms with Crippen molar-refractivity contribution in [2.75, 3.05) is 104 Å². The van der Waals surface area contributed by atoms with Crippen LogP contribution in [0.4, 0.5) is 17.8 Å². The number of unbranched alkanes of at least 4 members (excludes halogenated alkanes) is 48. The molecular weight excluding hydrogens is 1650 g/mol. The number of aromatic hydroxyl groups is 1. The minimum absolute atomic E-state index is 0. The zero-order valence-corrected chi connectivity index (χ0v) is 84.0. The summed E-state index contributed by atoms with van der Waals surface area (Å²) in [4.78, 5) is 47.4. The molecule has 0 amide bonds. The molecule has 0 radical (unpaired) electrons. The SMILES string of the molecule is CCCCCCCCCCCCCCCOc1cc(C)nc(Cl)n1.CCCCCCCCCCCCCCCOc1cc(C)nc(N(C)C)n1.CCCCCCCCCCCCCCCOc1nc(N(C)C)nc(C)c1Br.CCCCCCCCCCCCCCCOc1nc(N(C)C)nc(C)c1O.CCO.CNC.Cc1cc(Cl)nc(Cl)n1.Cl. The molecule has 5 rings (SSSR count). The summed E-state index contributed by atoms with van der Waals surface area (Å²) in [5, 5.41) is 21.2. The van der Waals surface area contributed by atoms with Crippen molar-refractivity contribution in [3.8, 4) is 29.3 Å². The van der Waals surface area contributed by atoms with Gasteiger partial charge in [0.15, 0.2) is 5.75 Å². The normalized spacial score (nSPS) is 10.5. The van der Waals surface area contributed by atoms with Gasteiger partial charge in [-0.15, -0.1) is 12.4 Å². The Labute approximate surface area is 763 Å². The van der Waals surface area contributed by atoms with E-state index in [-0.39, 0.29) is 35.3 Å². The molecule has 3 N–H and O–H groups in total. The maximum absolute atomic E-state index is 10.0. The number of halogens is 5. The lowest BCUT2D eigenvalue weighted by atomic mass is 10.0. The number of nitrogens with one attached hydrogen (secondary N) is 1. The predicted molar refractivity (Wildman–Crippen MR) is 521 cm³/mol. The van der Waals surface area contributed by atoms with E-state index in [9.17, 15) is 5.11 Å². The summed E-state index contributed by atoms with van der Waals surface area (Å²) in [5.74, 6) is 4.25. The van der Waals surface area contributed by atoms with Crippen molar-refractivity contribution in [1.29, 1.82) is 0 Å². The molecule has 5 aromatic heterocycles. The van der Waals surface area contributed by atoms with Crippen LogP contribution in [0.25, 0.3) is 0 Å². The number of aromatic nitrogens is 10. The highest BCUT2D eigenvalue weighted by atomic mass is 79.9. The minimum Gasteiger partial charge on any atom is -0.502 e. The van der Waals surface area contributed by atoms with Gasteiger partial charge in [0.1, 0.15) is 9.63 Å². The first kappa shape index (κ1) is 120. The zero-order chi connectivity index (χ0) is 88.6. The smallest absolute Gasteiger partial charge is 0.262 e. The van der Waals surface area contributed by atoms with Gasteiger partial charge in [-0.05, 0) is 127 Å². The lowest BCUT2D eigenvalue weighted by Crippen LogP contribution is -2.14. The first-order valence-electron chi connectivity index (χ1n) is 46.9. The largest absolute Gasteiger partial charge is 0.502 e. The van der Waals surface area contributed by atoms with Gasteiger partial charge in [-0.2, -0.15) is 19.9 Å². The van der Waals surface area contributed by atoms with Crippen LogP contribution in [0, 0.1) is 34.6 Å². The average Bonchev–Trinajstić information content (AvgIpc) is 0.841. The molecule has 0 unspecified atom stereocenters. The molecule has 0 aliphatic heterocycles. The number of aryl methyl sites for hydroxylation is 5. The average molecular weight is 1830 g/mol. The van der Waals surface area contributed by atoms with Crippen LogP contribution >= 0.6 is 63.1 Å². The monoisotopic (exact) mass is 1830 g/mol. The highest BCUT2D eigenvalue weighted by Crippen LogP contribution is 2.30. The lowest BCUT2D eigenvalue weighted by molar-refractivity contribution is 0.275. The molecule has 0 aromatic carbocycles. The van der Waals surface area contributed by atoms with Crippen LogP contribution in [0.5, 0.6) is 29.3 Å². The number of aliphatic hydroxyl groups excluding tert-OH is 1. The van der Waals surface area contributed by atoms with E-state index in [1.54, 1.807) is 26.8 Å². The maximum atomic E-state index is 10.0. The molecule has 0 saturated heterocycles. The first-order chi connectivity index (χ1) is 57.5. The number of nitrogens with zero attached hydrogens (tertiary/aromatic N) is 13. The Morgan fingerprint density at radius 3 is 0.833 bits per heavy atom. The van der Waals surface area contributed by atoms with E-state index < -0.39 is 0 Å². The summed E-state index contributed by atoms with van der Waals surface area (Å²) in [6.07, 6.45) is 70.5. The van der Waals surface area contributed by atoms with E-state index >= 15 is 0 Å². The Kier molecular flexibility index (Phi) is 86.1. The van der Waals surface area contributed by atoms with Gasteiger partial charge in [0.25, 0.3) is 5.88 Å². The molecule has 120 heavy (non-hydrogen) atoms. The summed E-state index contributed by atoms with van der Waals surface area (Å²) in [6, 6.07) is 5.39. The Morgan fingerprint density at radius 2 is 0.550 bits per heavy atom. The van der Waals surface area contributed by atoms with Crippen molar-refractivity contribution in [1.82, 2.24) is 55.2 Å². The fourth-order valence-electron chi connectivity index (χ4n) is 12.7. The van der Waals surface area contributed by atoms with Crippen LogP contribution in [-0.4, -0.2) is 149 Å². The van der Waals surface area contributed by atoms with E-state index in [1.165, 1.54) is 308 Å². The highest BCUT2D eigenvalue weighted by molar-refractivity contribution is 9.10. The third kappa shape index (κ3) is 73.7.